The number of carboxylic acids is 7. The van der Waals surface area contributed by atoms with Crippen LogP contribution in [0.15, 0.2) is 0 Å². The van der Waals surface area contributed by atoms with Crippen molar-refractivity contribution in [3.05, 3.63) is 0 Å². The third-order valence-electron chi connectivity index (χ3n) is 8.45. The van der Waals surface area contributed by atoms with Crippen LogP contribution < -0.4 is 22.1 Å². The molecule has 0 bridgehead atoms. The Kier molecular flexibility index (Phi) is 32.9. The van der Waals surface area contributed by atoms with Crippen molar-refractivity contribution >= 4 is 74.6 Å². The van der Waals surface area contributed by atoms with Crippen LogP contribution in [0.25, 0.3) is 0 Å². The van der Waals surface area contributed by atoms with Gasteiger partial charge in [-0.3, -0.25) is 47.5 Å². The molecule has 380 valence electrons. The van der Waals surface area contributed by atoms with Gasteiger partial charge in [-0.25, -0.2) is 9.59 Å². The molecule has 0 saturated heterocycles. The molecule has 15 N–H and O–H groups in total. The third-order valence-corrected chi connectivity index (χ3v) is 11.4. The molecule has 7 atom stereocenters. The minimum atomic E-state index is -4.69. The Bertz CT molecular complexity index is 1720. The van der Waals surface area contributed by atoms with E-state index in [1.165, 1.54) is 0 Å². The summed E-state index contributed by atoms with van der Waals surface area (Å²) < 4.78 is 43.6. The van der Waals surface area contributed by atoms with Gasteiger partial charge >= 0.3 is 57.0 Å². The Morgan fingerprint density at radius 2 is 0.864 bits per heavy atom. The first-order chi connectivity index (χ1) is 30.7. The van der Waals surface area contributed by atoms with E-state index in [2.05, 4.69) is 14.4 Å². The minimum Gasteiger partial charge on any atom is -0.481 e. The highest BCUT2D eigenvalue weighted by molar-refractivity contribution is 7.53. The molecule has 0 rings (SSSR count). The fourth-order valence-electron chi connectivity index (χ4n) is 5.01. The lowest BCUT2D eigenvalue weighted by molar-refractivity contribution is -0.145. The van der Waals surface area contributed by atoms with Gasteiger partial charge in [-0.15, -0.1) is 0 Å². The van der Waals surface area contributed by atoms with E-state index in [0.29, 0.717) is 19.6 Å². The second kappa shape index (κ2) is 34.4. The summed E-state index contributed by atoms with van der Waals surface area (Å²) in [5.74, 6) is -16.3. The van der Waals surface area contributed by atoms with Crippen LogP contribution in [0.5, 0.6) is 0 Å². The van der Waals surface area contributed by atoms with Crippen molar-refractivity contribution in [1.29, 1.82) is 0 Å². The molecule has 2 amide bonds. The summed E-state index contributed by atoms with van der Waals surface area (Å²) in [6.07, 6.45) is -4.70. The molecular weight excluding hydrogens is 938 g/mol. The van der Waals surface area contributed by atoms with Gasteiger partial charge in [-0.1, -0.05) is 0 Å². The first kappa shape index (κ1) is 63.1. The molecule has 0 heterocycles. The van der Waals surface area contributed by atoms with E-state index in [1.54, 1.807) is 0 Å². The van der Waals surface area contributed by atoms with Gasteiger partial charge in [-0.05, 0) is 25.7 Å². The number of rotatable bonds is 39. The SMILES string of the molecule is NCCOCCC(=O)N[C@@H](COP(=O)(O)CC(CCC(=O)O)C(=O)O)C(=O)O.NCCOCCCC(=O)CC(CCC(=O)N[C@@H](COP(=O)(O)CC(CCC(=O)O)C(=O)O)C(=O)O)C(=O)O. The first-order valence-electron chi connectivity index (χ1n) is 19.8. The number of Topliss-reactive ketones (excluding diaryl/α,β-unsaturated/α-hetero) is 1. The largest absolute Gasteiger partial charge is 0.481 e. The fraction of sp³-hybridized carbons (Fsp3) is 0.714. The van der Waals surface area contributed by atoms with Gasteiger partial charge in [0.25, 0.3) is 0 Å². The van der Waals surface area contributed by atoms with Gasteiger partial charge < -0.3 is 86.2 Å². The topological polar surface area (TPSA) is 500 Å². The lowest BCUT2D eigenvalue weighted by atomic mass is 9.95. The molecule has 0 aromatic carbocycles. The van der Waals surface area contributed by atoms with Gasteiger partial charge in [0.05, 0.1) is 63.1 Å². The van der Waals surface area contributed by atoms with E-state index in [-0.39, 0.29) is 57.8 Å². The summed E-state index contributed by atoms with van der Waals surface area (Å²) in [5.41, 5.74) is 10.5. The number of ketones is 1. The third kappa shape index (κ3) is 33.5. The smallest absolute Gasteiger partial charge is 0.329 e. The van der Waals surface area contributed by atoms with Crippen molar-refractivity contribution in [2.75, 3.05) is 65.1 Å². The molecule has 29 nitrogen and oxygen atoms in total. The molecule has 0 aliphatic heterocycles. The molecule has 0 aliphatic rings. The van der Waals surface area contributed by atoms with Crippen molar-refractivity contribution in [3.63, 3.8) is 0 Å². The molecule has 0 aliphatic carbocycles. The Morgan fingerprint density at radius 1 is 0.485 bits per heavy atom. The number of amides is 2. The average molecular weight is 999 g/mol. The minimum absolute atomic E-state index is 0.00140. The lowest BCUT2D eigenvalue weighted by Gasteiger charge is -2.20. The molecule has 31 heteroatoms. The highest BCUT2D eigenvalue weighted by Gasteiger charge is 2.34. The molecule has 66 heavy (non-hydrogen) atoms. The van der Waals surface area contributed by atoms with Crippen LogP contribution in [0.4, 0.5) is 0 Å². The molecular formula is C35H60N4O25P2. The highest BCUT2D eigenvalue weighted by Crippen LogP contribution is 2.45. The predicted octanol–water partition coefficient (Wildman–Crippen LogP) is -1.79. The number of ether oxygens (including phenoxy) is 2. The van der Waals surface area contributed by atoms with Gasteiger partial charge in [-0.2, -0.15) is 0 Å². The molecule has 0 aromatic heterocycles. The number of nitrogens with one attached hydrogen (secondary N) is 2. The number of carbonyl (C=O) groups excluding carboxylic acids is 3. The van der Waals surface area contributed by atoms with Gasteiger partial charge in [0.2, 0.25) is 11.8 Å². The number of carboxylic acid groups (broad SMARTS) is 7. The number of hydrogen-bond acceptors (Lipinski definition) is 18. The normalized spacial score (nSPS) is 15.1. The van der Waals surface area contributed by atoms with Crippen LogP contribution in [0.3, 0.4) is 0 Å². The predicted molar refractivity (Wildman–Crippen MR) is 220 cm³/mol. The summed E-state index contributed by atoms with van der Waals surface area (Å²) in [4.78, 5) is 133. The second-order valence-electron chi connectivity index (χ2n) is 14.1. The monoisotopic (exact) mass is 998 g/mol. The maximum Gasteiger partial charge on any atom is 0.329 e. The van der Waals surface area contributed by atoms with Crippen molar-refractivity contribution in [2.45, 2.75) is 76.3 Å². The summed E-state index contributed by atoms with van der Waals surface area (Å²) in [7, 11) is -9.25. The van der Waals surface area contributed by atoms with Gasteiger partial charge in [0, 0.05) is 58.2 Å². The van der Waals surface area contributed by atoms with Crippen LogP contribution in [0.1, 0.15) is 64.2 Å². The fourth-order valence-corrected chi connectivity index (χ4v) is 7.78. The van der Waals surface area contributed by atoms with E-state index in [4.69, 9.17) is 46.5 Å². The summed E-state index contributed by atoms with van der Waals surface area (Å²) >= 11 is 0. The van der Waals surface area contributed by atoms with Crippen LogP contribution in [-0.4, -0.2) is 182 Å². The number of aliphatic carboxylic acids is 7. The molecule has 0 spiro atoms. The van der Waals surface area contributed by atoms with E-state index >= 15 is 0 Å². The number of carbonyl (C=O) groups is 10. The Hall–Kier alpha value is -4.96. The maximum atomic E-state index is 12.2. The summed E-state index contributed by atoms with van der Waals surface area (Å²) in [6.45, 7) is -0.501. The molecule has 0 radical (unpaired) electrons. The highest BCUT2D eigenvalue weighted by atomic mass is 31.2. The van der Waals surface area contributed by atoms with E-state index in [1.807, 2.05) is 5.32 Å². The Morgan fingerprint density at radius 3 is 1.23 bits per heavy atom. The summed E-state index contributed by atoms with van der Waals surface area (Å²) in [5, 5.41) is 67.1. The average Bonchev–Trinajstić information content (AvgIpc) is 3.20. The first-order valence-corrected chi connectivity index (χ1v) is 23.4. The number of hydrogen-bond donors (Lipinski definition) is 13. The van der Waals surface area contributed by atoms with Crippen LogP contribution in [0.2, 0.25) is 0 Å². The van der Waals surface area contributed by atoms with Crippen LogP contribution in [0, 0.1) is 17.8 Å². The maximum absolute atomic E-state index is 12.2. The zero-order valence-electron chi connectivity index (χ0n) is 35.6. The van der Waals surface area contributed by atoms with Crippen LogP contribution >= 0.6 is 15.2 Å². The van der Waals surface area contributed by atoms with Gasteiger partial charge in [0.15, 0.2) is 12.1 Å². The zero-order valence-corrected chi connectivity index (χ0v) is 37.4. The van der Waals surface area contributed by atoms with Crippen molar-refractivity contribution < 1.29 is 121 Å². The Balaban J connectivity index is 0. The van der Waals surface area contributed by atoms with E-state index in [0.717, 1.165) is 0 Å². The van der Waals surface area contributed by atoms with Crippen molar-refractivity contribution in [1.82, 2.24) is 10.6 Å². The van der Waals surface area contributed by atoms with E-state index < -0.39 is 156 Å². The number of nitrogens with two attached hydrogens (primary N) is 2. The van der Waals surface area contributed by atoms with E-state index in [9.17, 15) is 77.1 Å². The standard InChI is InChI=1S/C21H35N2O14P.C14H25N2O11P/c22-7-9-36-8-1-2-15(24)10-13(19(28)29)3-5-17(25)23-16(21(32)33)11-37-38(34,35)12-14(20(30)31)4-6-18(26)27;15-4-6-26-5-3-11(17)16-10(14(22)23)7-27-28(24,25)8-9(13(20)21)1-2-12(18)19/h13-14,16H,1-12,22H2,(H,23,25)(H,26,27)(H,28,29)(H,30,31)(H,32,33)(H,34,35);9-10H,1-8,15H2,(H,16,17)(H,18,19)(H,20,21)(H,22,23)(H,24,25)/t13?,14?,16-;9?,10-/m00/s1. The zero-order chi connectivity index (χ0) is 51.0. The quantitative estimate of drug-likeness (QED) is 0.0239. The lowest BCUT2D eigenvalue weighted by Crippen LogP contribution is -2.44. The molecule has 0 fully saturated rings. The van der Waals surface area contributed by atoms with Gasteiger partial charge in [0.1, 0.15) is 5.78 Å². The second-order valence-corrected chi connectivity index (χ2v) is 17.9. The van der Waals surface area contributed by atoms with Crippen molar-refractivity contribution in [3.8, 4) is 0 Å². The molecule has 0 saturated carbocycles. The molecule has 5 unspecified atom stereocenters. The summed E-state index contributed by atoms with van der Waals surface area (Å²) in [6, 6.07) is -3.48. The van der Waals surface area contributed by atoms with Crippen LogP contribution in [-0.2, 0) is 75.6 Å². The Labute approximate surface area is 376 Å². The molecule has 0 aromatic rings. The van der Waals surface area contributed by atoms with Crippen molar-refractivity contribution in [2.24, 2.45) is 29.2 Å².